The molecule has 0 aliphatic rings. The summed E-state index contributed by atoms with van der Waals surface area (Å²) in [5.41, 5.74) is 1.91. The van der Waals surface area contributed by atoms with Gasteiger partial charge in [0.05, 0.1) is 5.69 Å². The summed E-state index contributed by atoms with van der Waals surface area (Å²) in [6.07, 6.45) is 6.48. The Hall–Kier alpha value is -1.37. The predicted octanol–water partition coefficient (Wildman–Crippen LogP) is 3.78. The first-order valence-corrected chi connectivity index (χ1v) is 4.50. The molecule has 1 aromatic rings. The van der Waals surface area contributed by atoms with Gasteiger partial charge in [-0.2, -0.15) is 0 Å². The zero-order valence-electron chi connectivity index (χ0n) is 8.46. The molecule has 1 rings (SSSR count). The van der Waals surface area contributed by atoms with Gasteiger partial charge in [0.25, 0.3) is 0 Å². The van der Waals surface area contributed by atoms with E-state index in [9.17, 15) is 0 Å². The maximum Gasteiger partial charge on any atom is 0.0695 e. The Labute approximate surface area is 80.8 Å². The summed E-state index contributed by atoms with van der Waals surface area (Å²) in [6.45, 7) is 11.5. The first kappa shape index (κ1) is 11.6. The van der Waals surface area contributed by atoms with Crippen molar-refractivity contribution in [2.24, 2.45) is 0 Å². The zero-order chi connectivity index (χ0) is 10.1. The fourth-order valence-electron chi connectivity index (χ4n) is 0.773. The Morgan fingerprint density at radius 2 is 1.92 bits per heavy atom. The Morgan fingerprint density at radius 1 is 1.31 bits per heavy atom. The van der Waals surface area contributed by atoms with Gasteiger partial charge in [0, 0.05) is 6.20 Å². The molecule has 13 heavy (non-hydrogen) atoms. The lowest BCUT2D eigenvalue weighted by Gasteiger charge is -1.95. The SMILES string of the molecule is C=Cc1cccnc1C=C.CCC. The second-order valence-corrected chi connectivity index (χ2v) is 2.59. The third-order valence-corrected chi connectivity index (χ3v) is 1.28. The summed E-state index contributed by atoms with van der Waals surface area (Å²) in [4.78, 5) is 4.08. The molecule has 0 saturated heterocycles. The molecule has 70 valence electrons. The molecule has 0 radical (unpaired) electrons. The molecule has 0 amide bonds. The number of nitrogens with zero attached hydrogens (tertiary/aromatic N) is 1. The normalized spacial score (nSPS) is 8.15. The molecule has 1 heteroatoms. The maximum atomic E-state index is 4.08. The first-order valence-electron chi connectivity index (χ1n) is 4.50. The van der Waals surface area contributed by atoms with Crippen molar-refractivity contribution >= 4 is 12.2 Å². The molecule has 0 aliphatic carbocycles. The maximum absolute atomic E-state index is 4.08. The van der Waals surface area contributed by atoms with E-state index < -0.39 is 0 Å². The zero-order valence-corrected chi connectivity index (χ0v) is 8.46. The lowest BCUT2D eigenvalue weighted by Crippen LogP contribution is -1.82. The van der Waals surface area contributed by atoms with Gasteiger partial charge in [0.15, 0.2) is 0 Å². The van der Waals surface area contributed by atoms with Crippen LogP contribution in [-0.2, 0) is 0 Å². The molecule has 0 bridgehead atoms. The highest BCUT2D eigenvalue weighted by atomic mass is 14.7. The average Bonchev–Trinajstić information content (AvgIpc) is 2.19. The van der Waals surface area contributed by atoms with Crippen LogP contribution < -0.4 is 0 Å². The van der Waals surface area contributed by atoms with Crippen LogP contribution in [-0.4, -0.2) is 4.98 Å². The second kappa shape index (κ2) is 7.29. The Morgan fingerprint density at radius 3 is 2.31 bits per heavy atom. The Balaban J connectivity index is 0.000000424. The van der Waals surface area contributed by atoms with Crippen molar-refractivity contribution in [3.05, 3.63) is 42.7 Å². The molecule has 0 aliphatic heterocycles. The summed E-state index contributed by atoms with van der Waals surface area (Å²) in [7, 11) is 0. The molecule has 0 atom stereocenters. The summed E-state index contributed by atoms with van der Waals surface area (Å²) in [5.74, 6) is 0. The van der Waals surface area contributed by atoms with E-state index >= 15 is 0 Å². The van der Waals surface area contributed by atoms with E-state index in [0.717, 1.165) is 11.3 Å². The van der Waals surface area contributed by atoms with Crippen LogP contribution in [0.1, 0.15) is 31.5 Å². The van der Waals surface area contributed by atoms with Crippen molar-refractivity contribution < 1.29 is 0 Å². The van der Waals surface area contributed by atoms with Gasteiger partial charge in [-0.25, -0.2) is 0 Å². The largest absolute Gasteiger partial charge is 0.256 e. The average molecular weight is 175 g/mol. The van der Waals surface area contributed by atoms with Crippen LogP contribution in [0.15, 0.2) is 31.5 Å². The lowest BCUT2D eigenvalue weighted by atomic mass is 10.2. The molecule has 1 heterocycles. The molecule has 1 aromatic heterocycles. The van der Waals surface area contributed by atoms with Crippen molar-refractivity contribution in [3.8, 4) is 0 Å². The van der Waals surface area contributed by atoms with E-state index in [1.54, 1.807) is 18.3 Å². The lowest BCUT2D eigenvalue weighted by molar-refractivity contribution is 1.09. The number of hydrogen-bond acceptors (Lipinski definition) is 1. The van der Waals surface area contributed by atoms with E-state index in [1.807, 2.05) is 12.1 Å². The van der Waals surface area contributed by atoms with Gasteiger partial charge in [-0.1, -0.05) is 45.6 Å². The number of aromatic nitrogens is 1. The minimum Gasteiger partial charge on any atom is -0.256 e. The standard InChI is InChI=1S/C9H9N.C3H8/c1-3-8-6-5-7-10-9(8)4-2;1-3-2/h3-7H,1-2H2;3H2,1-2H3. The van der Waals surface area contributed by atoms with E-state index in [0.29, 0.717) is 0 Å². The van der Waals surface area contributed by atoms with Crippen LogP contribution in [0.3, 0.4) is 0 Å². The fraction of sp³-hybridized carbons (Fsp3) is 0.250. The molecular weight excluding hydrogens is 158 g/mol. The summed E-state index contributed by atoms with van der Waals surface area (Å²) >= 11 is 0. The van der Waals surface area contributed by atoms with Crippen LogP contribution in [0.5, 0.6) is 0 Å². The van der Waals surface area contributed by atoms with Crippen LogP contribution in [0.4, 0.5) is 0 Å². The third-order valence-electron chi connectivity index (χ3n) is 1.28. The van der Waals surface area contributed by atoms with E-state index in [-0.39, 0.29) is 0 Å². The van der Waals surface area contributed by atoms with Crippen molar-refractivity contribution in [2.75, 3.05) is 0 Å². The smallest absolute Gasteiger partial charge is 0.0695 e. The van der Waals surface area contributed by atoms with Crippen molar-refractivity contribution in [1.82, 2.24) is 4.98 Å². The minimum absolute atomic E-state index is 0.887. The molecule has 0 aromatic carbocycles. The summed E-state index contributed by atoms with van der Waals surface area (Å²) in [6, 6.07) is 3.83. The quantitative estimate of drug-likeness (QED) is 0.666. The van der Waals surface area contributed by atoms with Gasteiger partial charge in [0.1, 0.15) is 0 Å². The number of pyridine rings is 1. The van der Waals surface area contributed by atoms with Crippen molar-refractivity contribution in [3.63, 3.8) is 0 Å². The first-order chi connectivity index (χ1) is 6.29. The van der Waals surface area contributed by atoms with Gasteiger partial charge in [-0.15, -0.1) is 0 Å². The molecular formula is C12H17N. The topological polar surface area (TPSA) is 12.9 Å². The number of hydrogen-bond donors (Lipinski definition) is 0. The van der Waals surface area contributed by atoms with Gasteiger partial charge in [0.2, 0.25) is 0 Å². The van der Waals surface area contributed by atoms with E-state index in [4.69, 9.17) is 0 Å². The van der Waals surface area contributed by atoms with Crippen molar-refractivity contribution in [2.45, 2.75) is 20.3 Å². The molecule has 0 N–H and O–H groups in total. The monoisotopic (exact) mass is 175 g/mol. The van der Waals surface area contributed by atoms with Gasteiger partial charge in [-0.3, -0.25) is 4.98 Å². The molecule has 1 nitrogen and oxygen atoms in total. The van der Waals surface area contributed by atoms with Gasteiger partial charge < -0.3 is 0 Å². The Bertz CT molecular complexity index is 237. The third kappa shape index (κ3) is 4.26. The Kier molecular flexibility index (Phi) is 6.52. The van der Waals surface area contributed by atoms with Gasteiger partial charge in [-0.05, 0) is 17.7 Å². The van der Waals surface area contributed by atoms with Crippen LogP contribution in [0.2, 0.25) is 0 Å². The van der Waals surface area contributed by atoms with Crippen LogP contribution >= 0.6 is 0 Å². The van der Waals surface area contributed by atoms with E-state index in [2.05, 4.69) is 32.0 Å². The summed E-state index contributed by atoms with van der Waals surface area (Å²) < 4.78 is 0. The van der Waals surface area contributed by atoms with Gasteiger partial charge >= 0.3 is 0 Å². The minimum atomic E-state index is 0.887. The van der Waals surface area contributed by atoms with Crippen molar-refractivity contribution in [1.29, 1.82) is 0 Å². The summed E-state index contributed by atoms with van der Waals surface area (Å²) in [5, 5.41) is 0. The predicted molar refractivity (Wildman–Crippen MR) is 60.4 cm³/mol. The molecule has 0 fully saturated rings. The van der Waals surface area contributed by atoms with Crippen LogP contribution in [0.25, 0.3) is 12.2 Å². The van der Waals surface area contributed by atoms with E-state index in [1.165, 1.54) is 6.42 Å². The second-order valence-electron chi connectivity index (χ2n) is 2.59. The molecule has 0 saturated carbocycles. The molecule has 0 unspecified atom stereocenters. The molecule has 0 spiro atoms. The fourth-order valence-corrected chi connectivity index (χ4v) is 0.773. The highest BCUT2D eigenvalue weighted by Crippen LogP contribution is 2.06. The highest BCUT2D eigenvalue weighted by Gasteiger charge is 1.91. The highest BCUT2D eigenvalue weighted by molar-refractivity contribution is 5.59. The van der Waals surface area contributed by atoms with Crippen LogP contribution in [0, 0.1) is 0 Å². The number of rotatable bonds is 2.